The molecule has 1 aromatic heterocycles. The lowest BCUT2D eigenvalue weighted by Crippen LogP contribution is -2.20. The lowest BCUT2D eigenvalue weighted by Gasteiger charge is -2.15. The van der Waals surface area contributed by atoms with Crippen molar-refractivity contribution < 1.29 is 22.7 Å². The van der Waals surface area contributed by atoms with E-state index in [0.29, 0.717) is 10.9 Å². The molecule has 3 rings (SSSR count). The third-order valence-electron chi connectivity index (χ3n) is 3.67. The van der Waals surface area contributed by atoms with E-state index >= 15 is 0 Å². The molecule has 0 saturated heterocycles. The number of pyridine rings is 1. The van der Waals surface area contributed by atoms with Crippen LogP contribution in [0.25, 0.3) is 10.8 Å². The molecule has 1 heterocycles. The Morgan fingerprint density at radius 1 is 1.15 bits per heavy atom. The normalized spacial score (nSPS) is 11.4. The number of halogens is 3. The molecule has 0 spiro atoms. The molecule has 26 heavy (non-hydrogen) atoms. The van der Waals surface area contributed by atoms with Crippen LogP contribution in [0.1, 0.15) is 16.1 Å². The van der Waals surface area contributed by atoms with Crippen LogP contribution >= 0.6 is 0 Å². The number of aryl methyl sites for hydroxylation is 1. The van der Waals surface area contributed by atoms with Crippen LogP contribution in [0.15, 0.2) is 54.7 Å². The molecule has 1 N–H and O–H groups in total. The number of nitrogens with zero attached hydrogens (tertiary/aromatic N) is 1. The minimum atomic E-state index is -4.47. The third-order valence-corrected chi connectivity index (χ3v) is 3.67. The van der Waals surface area contributed by atoms with Gasteiger partial charge in [-0.05, 0) is 36.1 Å². The number of anilines is 1. The van der Waals surface area contributed by atoms with E-state index in [1.54, 1.807) is 31.2 Å². The fourth-order valence-electron chi connectivity index (χ4n) is 2.49. The maximum absolute atomic E-state index is 12.6. The highest BCUT2D eigenvalue weighted by Gasteiger charge is 2.29. The average Bonchev–Trinajstić information content (AvgIpc) is 2.60. The number of nitrogens with one attached hydrogen (secondary N) is 1. The van der Waals surface area contributed by atoms with Crippen molar-refractivity contribution in [3.05, 3.63) is 66.0 Å². The van der Waals surface area contributed by atoms with Crippen LogP contribution in [0.2, 0.25) is 0 Å². The summed E-state index contributed by atoms with van der Waals surface area (Å²) in [5, 5.41) is 4.08. The Kier molecular flexibility index (Phi) is 4.79. The van der Waals surface area contributed by atoms with Gasteiger partial charge in [0, 0.05) is 11.6 Å². The Balaban J connectivity index is 1.89. The van der Waals surface area contributed by atoms with Gasteiger partial charge in [-0.3, -0.25) is 9.78 Å². The topological polar surface area (TPSA) is 51.2 Å². The summed E-state index contributed by atoms with van der Waals surface area (Å²) < 4.78 is 42.2. The largest absolute Gasteiger partial charge is 0.482 e. The van der Waals surface area contributed by atoms with Crippen molar-refractivity contribution in [2.45, 2.75) is 13.1 Å². The Morgan fingerprint density at radius 2 is 1.92 bits per heavy atom. The maximum Gasteiger partial charge on any atom is 0.422 e. The highest BCUT2D eigenvalue weighted by Crippen LogP contribution is 2.29. The van der Waals surface area contributed by atoms with Crippen molar-refractivity contribution in [2.24, 2.45) is 0 Å². The third kappa shape index (κ3) is 4.11. The van der Waals surface area contributed by atoms with Gasteiger partial charge in [0.1, 0.15) is 11.4 Å². The van der Waals surface area contributed by atoms with Crippen molar-refractivity contribution in [1.82, 2.24) is 4.98 Å². The summed E-state index contributed by atoms with van der Waals surface area (Å²) in [6.07, 6.45) is -2.96. The van der Waals surface area contributed by atoms with Gasteiger partial charge in [0.2, 0.25) is 0 Å². The number of fused-ring (bicyclic) bond motifs is 1. The van der Waals surface area contributed by atoms with Crippen LogP contribution in [0, 0.1) is 6.92 Å². The van der Waals surface area contributed by atoms with E-state index in [-0.39, 0.29) is 17.1 Å². The quantitative estimate of drug-likeness (QED) is 0.731. The van der Waals surface area contributed by atoms with E-state index in [2.05, 4.69) is 10.3 Å². The lowest BCUT2D eigenvalue weighted by molar-refractivity contribution is -0.153. The Morgan fingerprint density at radius 3 is 2.69 bits per heavy atom. The molecule has 0 radical (unpaired) electrons. The summed E-state index contributed by atoms with van der Waals surface area (Å²) in [5.74, 6) is -0.571. The fourth-order valence-corrected chi connectivity index (χ4v) is 2.49. The minimum absolute atomic E-state index is 0.0455. The molecule has 0 aliphatic heterocycles. The molecule has 4 nitrogen and oxygen atoms in total. The van der Waals surface area contributed by atoms with Gasteiger partial charge >= 0.3 is 6.18 Å². The SMILES string of the molecule is Cc1ccc(NC(=O)c2nccc3ccccc23)c(OCC(F)(F)F)c1. The van der Waals surface area contributed by atoms with Crippen molar-refractivity contribution in [3.63, 3.8) is 0 Å². The van der Waals surface area contributed by atoms with Gasteiger partial charge in [-0.25, -0.2) is 0 Å². The number of carbonyl (C=O) groups excluding carboxylic acids is 1. The van der Waals surface area contributed by atoms with Crippen LogP contribution in [0.3, 0.4) is 0 Å². The Bertz CT molecular complexity index is 950. The summed E-state index contributed by atoms with van der Waals surface area (Å²) >= 11 is 0. The molecule has 0 bridgehead atoms. The second kappa shape index (κ2) is 7.03. The van der Waals surface area contributed by atoms with Crippen molar-refractivity contribution in [1.29, 1.82) is 0 Å². The molecule has 0 unspecified atom stereocenters. The first-order chi connectivity index (χ1) is 12.3. The number of aromatic nitrogens is 1. The predicted molar refractivity (Wildman–Crippen MR) is 92.4 cm³/mol. The van der Waals surface area contributed by atoms with E-state index in [4.69, 9.17) is 4.74 Å². The number of ether oxygens (including phenoxy) is 1. The summed E-state index contributed by atoms with van der Waals surface area (Å²) in [7, 11) is 0. The van der Waals surface area contributed by atoms with Crippen molar-refractivity contribution in [2.75, 3.05) is 11.9 Å². The minimum Gasteiger partial charge on any atom is -0.482 e. The van der Waals surface area contributed by atoms with E-state index < -0.39 is 18.7 Å². The van der Waals surface area contributed by atoms with E-state index in [0.717, 1.165) is 5.39 Å². The zero-order valence-corrected chi connectivity index (χ0v) is 13.8. The first-order valence-corrected chi connectivity index (χ1v) is 7.79. The molecule has 0 atom stereocenters. The fraction of sp³-hybridized carbons (Fsp3) is 0.158. The Labute approximate surface area is 147 Å². The second-order valence-electron chi connectivity index (χ2n) is 5.74. The van der Waals surface area contributed by atoms with Gasteiger partial charge in [-0.15, -0.1) is 0 Å². The molecule has 134 valence electrons. The molecular weight excluding hydrogens is 345 g/mol. The standard InChI is InChI=1S/C19H15F3N2O2/c1-12-6-7-15(16(10-12)26-11-19(20,21)22)24-18(25)17-14-5-3-2-4-13(14)8-9-23-17/h2-10H,11H2,1H3,(H,24,25). The predicted octanol–water partition coefficient (Wildman–Crippen LogP) is 4.74. The highest BCUT2D eigenvalue weighted by atomic mass is 19.4. The van der Waals surface area contributed by atoms with Gasteiger partial charge in [-0.2, -0.15) is 13.2 Å². The second-order valence-corrected chi connectivity index (χ2v) is 5.74. The molecule has 0 fully saturated rings. The monoisotopic (exact) mass is 360 g/mol. The molecule has 3 aromatic rings. The number of hydrogen-bond donors (Lipinski definition) is 1. The summed E-state index contributed by atoms with van der Waals surface area (Å²) in [6, 6.07) is 13.6. The molecule has 1 amide bonds. The number of carbonyl (C=O) groups is 1. The highest BCUT2D eigenvalue weighted by molar-refractivity contribution is 6.11. The van der Waals surface area contributed by atoms with Crippen LogP contribution in [-0.4, -0.2) is 23.7 Å². The van der Waals surface area contributed by atoms with Gasteiger partial charge in [-0.1, -0.05) is 30.3 Å². The number of hydrogen-bond acceptors (Lipinski definition) is 3. The van der Waals surface area contributed by atoms with Crippen LogP contribution in [0.5, 0.6) is 5.75 Å². The Hall–Kier alpha value is -3.09. The van der Waals surface area contributed by atoms with Crippen molar-refractivity contribution >= 4 is 22.4 Å². The van der Waals surface area contributed by atoms with Crippen molar-refractivity contribution in [3.8, 4) is 5.75 Å². The van der Waals surface area contributed by atoms with E-state index in [1.807, 2.05) is 12.1 Å². The van der Waals surface area contributed by atoms with Gasteiger partial charge in [0.15, 0.2) is 6.61 Å². The molecule has 0 aliphatic carbocycles. The number of amides is 1. The van der Waals surface area contributed by atoms with E-state index in [1.165, 1.54) is 18.3 Å². The summed E-state index contributed by atoms with van der Waals surface area (Å²) in [5.41, 5.74) is 1.05. The molecule has 0 aliphatic rings. The van der Waals surface area contributed by atoms with E-state index in [9.17, 15) is 18.0 Å². The van der Waals surface area contributed by atoms with Gasteiger partial charge in [0.05, 0.1) is 5.69 Å². The molecule has 0 saturated carbocycles. The van der Waals surface area contributed by atoms with Crippen LogP contribution in [0.4, 0.5) is 18.9 Å². The average molecular weight is 360 g/mol. The van der Waals surface area contributed by atoms with Gasteiger partial charge in [0.25, 0.3) is 5.91 Å². The first kappa shape index (κ1) is 17.7. The first-order valence-electron chi connectivity index (χ1n) is 7.79. The van der Waals surface area contributed by atoms with Crippen LogP contribution in [-0.2, 0) is 0 Å². The van der Waals surface area contributed by atoms with Crippen LogP contribution < -0.4 is 10.1 Å². The molecular formula is C19H15F3N2O2. The zero-order valence-electron chi connectivity index (χ0n) is 13.8. The molecule has 2 aromatic carbocycles. The maximum atomic E-state index is 12.6. The summed E-state index contributed by atoms with van der Waals surface area (Å²) in [6.45, 7) is 0.282. The smallest absolute Gasteiger partial charge is 0.422 e. The summed E-state index contributed by atoms with van der Waals surface area (Å²) in [4.78, 5) is 16.7. The molecule has 7 heteroatoms. The number of alkyl halides is 3. The zero-order chi connectivity index (χ0) is 18.7. The number of rotatable bonds is 4. The lowest BCUT2D eigenvalue weighted by atomic mass is 10.1. The van der Waals surface area contributed by atoms with Gasteiger partial charge < -0.3 is 10.1 Å². The number of benzene rings is 2.